The SMILES string of the molecule is CC(C)(C)OC(=O)NC(CC(=O)N1CCC[C@H]1CNC(=O)C(C)(C)F)Cc1cc(F)c(F)cc1F. The second-order valence-electron chi connectivity index (χ2n) is 10.2. The first-order chi connectivity index (χ1) is 16.1. The fourth-order valence-corrected chi connectivity index (χ4v) is 3.76. The van der Waals surface area contributed by atoms with E-state index in [4.69, 9.17) is 4.74 Å². The molecule has 1 aliphatic rings. The molecule has 0 aliphatic carbocycles. The molecule has 1 aliphatic heterocycles. The van der Waals surface area contributed by atoms with E-state index in [0.29, 0.717) is 31.5 Å². The predicted octanol–water partition coefficient (Wildman–Crippen LogP) is 3.79. The van der Waals surface area contributed by atoms with Gasteiger partial charge >= 0.3 is 6.09 Å². The van der Waals surface area contributed by atoms with Gasteiger partial charge in [-0.1, -0.05) is 0 Å². The van der Waals surface area contributed by atoms with Crippen LogP contribution in [0.15, 0.2) is 12.1 Å². The molecule has 1 fully saturated rings. The number of likely N-dealkylation sites (tertiary alicyclic amines) is 1. The highest BCUT2D eigenvalue weighted by Gasteiger charge is 2.33. The number of nitrogens with zero attached hydrogens (tertiary/aromatic N) is 1. The highest BCUT2D eigenvalue weighted by atomic mass is 19.2. The third-order valence-corrected chi connectivity index (χ3v) is 5.43. The molecule has 1 unspecified atom stereocenters. The minimum Gasteiger partial charge on any atom is -0.444 e. The molecule has 0 radical (unpaired) electrons. The lowest BCUT2D eigenvalue weighted by Crippen LogP contribution is -2.49. The van der Waals surface area contributed by atoms with Crippen molar-refractivity contribution in [3.8, 4) is 0 Å². The van der Waals surface area contributed by atoms with Crippen LogP contribution in [0.25, 0.3) is 0 Å². The van der Waals surface area contributed by atoms with Gasteiger partial charge in [0.15, 0.2) is 17.3 Å². The zero-order chi connectivity index (χ0) is 26.6. The summed E-state index contributed by atoms with van der Waals surface area (Å²) in [4.78, 5) is 38.8. The van der Waals surface area contributed by atoms with Gasteiger partial charge in [0.1, 0.15) is 11.4 Å². The van der Waals surface area contributed by atoms with Crippen molar-refractivity contribution in [3.05, 3.63) is 35.1 Å². The van der Waals surface area contributed by atoms with E-state index in [-0.39, 0.29) is 31.0 Å². The maximum atomic E-state index is 14.3. The van der Waals surface area contributed by atoms with Gasteiger partial charge in [-0.2, -0.15) is 0 Å². The van der Waals surface area contributed by atoms with Gasteiger partial charge in [-0.3, -0.25) is 9.59 Å². The van der Waals surface area contributed by atoms with Crippen LogP contribution in [0.3, 0.4) is 0 Å². The topological polar surface area (TPSA) is 87.7 Å². The summed E-state index contributed by atoms with van der Waals surface area (Å²) in [5.41, 5.74) is -3.12. The van der Waals surface area contributed by atoms with Crippen LogP contribution in [0.2, 0.25) is 0 Å². The highest BCUT2D eigenvalue weighted by Crippen LogP contribution is 2.21. The molecule has 1 aromatic carbocycles. The fraction of sp³-hybridized carbons (Fsp3) is 0.625. The van der Waals surface area contributed by atoms with E-state index >= 15 is 0 Å². The summed E-state index contributed by atoms with van der Waals surface area (Å²) in [5, 5.41) is 5.01. The van der Waals surface area contributed by atoms with E-state index in [1.54, 1.807) is 20.8 Å². The quantitative estimate of drug-likeness (QED) is 0.418. The molecule has 0 aromatic heterocycles. The molecular formula is C24H33F4N3O4. The van der Waals surface area contributed by atoms with Crippen molar-refractivity contribution in [2.45, 2.75) is 83.7 Å². The number of carbonyl (C=O) groups is 3. The minimum absolute atomic E-state index is 0.0554. The van der Waals surface area contributed by atoms with E-state index in [2.05, 4.69) is 10.6 Å². The largest absolute Gasteiger partial charge is 0.444 e. The molecule has 3 amide bonds. The Balaban J connectivity index is 2.15. The molecular weight excluding hydrogens is 470 g/mol. The molecule has 196 valence electrons. The van der Waals surface area contributed by atoms with Crippen LogP contribution in [0.5, 0.6) is 0 Å². The molecule has 1 saturated heterocycles. The molecule has 11 heteroatoms. The Hall–Kier alpha value is -2.85. The average Bonchev–Trinajstić information content (AvgIpc) is 3.16. The molecule has 0 spiro atoms. The van der Waals surface area contributed by atoms with E-state index < -0.39 is 52.7 Å². The molecule has 2 rings (SSSR count). The summed E-state index contributed by atoms with van der Waals surface area (Å²) < 4.78 is 60.3. The van der Waals surface area contributed by atoms with Crippen LogP contribution in [-0.2, 0) is 20.7 Å². The Morgan fingerprint density at radius 3 is 2.31 bits per heavy atom. The summed E-state index contributed by atoms with van der Waals surface area (Å²) in [5.74, 6) is -4.81. The lowest BCUT2D eigenvalue weighted by molar-refractivity contribution is -0.134. The second-order valence-corrected chi connectivity index (χ2v) is 10.2. The summed E-state index contributed by atoms with van der Waals surface area (Å²) >= 11 is 0. The van der Waals surface area contributed by atoms with Gasteiger partial charge < -0.3 is 20.3 Å². The lowest BCUT2D eigenvalue weighted by atomic mass is 10.0. The predicted molar refractivity (Wildman–Crippen MR) is 121 cm³/mol. The maximum Gasteiger partial charge on any atom is 0.407 e. The molecule has 0 saturated carbocycles. The first kappa shape index (κ1) is 28.4. The summed E-state index contributed by atoms with van der Waals surface area (Å²) in [6.07, 6.45) is -0.182. The normalized spacial score (nSPS) is 17.2. The molecule has 2 N–H and O–H groups in total. The summed E-state index contributed by atoms with van der Waals surface area (Å²) in [6, 6.07) is -0.276. The lowest BCUT2D eigenvalue weighted by Gasteiger charge is -2.29. The van der Waals surface area contributed by atoms with Gasteiger partial charge in [0.2, 0.25) is 5.91 Å². The van der Waals surface area contributed by atoms with Crippen LogP contribution >= 0.6 is 0 Å². The molecule has 2 atom stereocenters. The van der Waals surface area contributed by atoms with Gasteiger partial charge in [-0.25, -0.2) is 22.4 Å². The van der Waals surface area contributed by atoms with Crippen LogP contribution in [0.1, 0.15) is 59.4 Å². The number of rotatable bonds is 8. The van der Waals surface area contributed by atoms with Gasteiger partial charge in [0.25, 0.3) is 5.91 Å². The molecule has 1 aromatic rings. The minimum atomic E-state index is -2.07. The number of hydrogen-bond donors (Lipinski definition) is 2. The Labute approximate surface area is 202 Å². The zero-order valence-corrected chi connectivity index (χ0v) is 20.6. The first-order valence-electron chi connectivity index (χ1n) is 11.5. The van der Waals surface area contributed by atoms with Crippen LogP contribution in [0.4, 0.5) is 22.4 Å². The number of benzene rings is 1. The van der Waals surface area contributed by atoms with Crippen molar-refractivity contribution in [2.75, 3.05) is 13.1 Å². The number of ether oxygens (including phenoxy) is 1. The third kappa shape index (κ3) is 8.70. The number of amides is 3. The Morgan fingerprint density at radius 1 is 1.09 bits per heavy atom. The third-order valence-electron chi connectivity index (χ3n) is 5.43. The number of alkyl carbamates (subject to hydrolysis) is 1. The van der Waals surface area contributed by atoms with E-state index in [9.17, 15) is 31.9 Å². The molecule has 7 nitrogen and oxygen atoms in total. The summed E-state index contributed by atoms with van der Waals surface area (Å²) in [6.45, 7) is 7.63. The van der Waals surface area contributed by atoms with E-state index in [1.165, 1.54) is 4.90 Å². The van der Waals surface area contributed by atoms with Gasteiger partial charge in [-0.05, 0) is 65.5 Å². The number of halogens is 4. The first-order valence-corrected chi connectivity index (χ1v) is 11.5. The Bertz CT molecular complexity index is 944. The zero-order valence-electron chi connectivity index (χ0n) is 20.6. The van der Waals surface area contributed by atoms with Crippen LogP contribution in [-0.4, -0.2) is 59.3 Å². The maximum absolute atomic E-state index is 14.3. The highest BCUT2D eigenvalue weighted by molar-refractivity contribution is 5.84. The molecule has 1 heterocycles. The number of carbonyl (C=O) groups excluding carboxylic acids is 3. The second kappa shape index (κ2) is 11.3. The van der Waals surface area contributed by atoms with Gasteiger partial charge in [0, 0.05) is 37.7 Å². The smallest absolute Gasteiger partial charge is 0.407 e. The number of hydrogen-bond acceptors (Lipinski definition) is 4. The van der Waals surface area contributed by atoms with Crippen molar-refractivity contribution in [1.82, 2.24) is 15.5 Å². The van der Waals surface area contributed by atoms with Crippen molar-refractivity contribution in [1.29, 1.82) is 0 Å². The van der Waals surface area contributed by atoms with Crippen LogP contribution < -0.4 is 10.6 Å². The van der Waals surface area contributed by atoms with Crippen molar-refractivity contribution < 1.29 is 36.7 Å². The van der Waals surface area contributed by atoms with Gasteiger partial charge in [-0.15, -0.1) is 0 Å². The van der Waals surface area contributed by atoms with Crippen molar-refractivity contribution in [3.63, 3.8) is 0 Å². The monoisotopic (exact) mass is 503 g/mol. The number of nitrogens with one attached hydrogen (secondary N) is 2. The molecule has 0 bridgehead atoms. The van der Waals surface area contributed by atoms with Crippen molar-refractivity contribution in [2.24, 2.45) is 0 Å². The van der Waals surface area contributed by atoms with Crippen LogP contribution in [0, 0.1) is 17.5 Å². The Morgan fingerprint density at radius 2 is 1.71 bits per heavy atom. The number of alkyl halides is 1. The van der Waals surface area contributed by atoms with Gasteiger partial charge in [0.05, 0.1) is 0 Å². The molecule has 35 heavy (non-hydrogen) atoms. The average molecular weight is 504 g/mol. The standard InChI is InChI=1S/C24H33F4N3O4/c1-23(2,3)35-22(34)30-15(9-14-10-18(26)19(27)12-17(14)25)11-20(32)31-8-6-7-16(31)13-29-21(33)24(4,5)28/h10,12,15-16H,6-9,11,13H2,1-5H3,(H,29,33)(H,30,34)/t15?,16-/m0/s1. The van der Waals surface area contributed by atoms with E-state index in [0.717, 1.165) is 13.8 Å². The summed E-state index contributed by atoms with van der Waals surface area (Å²) in [7, 11) is 0. The Kier molecular flexibility index (Phi) is 9.13. The van der Waals surface area contributed by atoms with Crippen molar-refractivity contribution >= 4 is 17.9 Å². The fourth-order valence-electron chi connectivity index (χ4n) is 3.76. The van der Waals surface area contributed by atoms with E-state index in [1.807, 2.05) is 0 Å².